The standard InChI is InChI=1S/C23H14ClF3N2O/c24-17-9-11-18(12-10-17)29-22-19(6-1-2-7-21(22)30)20(28-29)13-8-15-4-3-5-16(14-15)23(25,26)27/h1-14H. The molecule has 0 spiro atoms. The molecule has 4 aromatic rings. The molecular formula is C23H14ClF3N2O. The molecule has 0 amide bonds. The van der Waals surface area contributed by atoms with Gasteiger partial charge in [0, 0.05) is 10.4 Å². The van der Waals surface area contributed by atoms with Crippen LogP contribution in [0.5, 0.6) is 0 Å². The van der Waals surface area contributed by atoms with Crippen molar-refractivity contribution in [3.05, 3.63) is 105 Å². The van der Waals surface area contributed by atoms with Crippen LogP contribution in [0, 0.1) is 0 Å². The van der Waals surface area contributed by atoms with E-state index in [1.54, 1.807) is 60.7 Å². The molecule has 1 heterocycles. The summed E-state index contributed by atoms with van der Waals surface area (Å²) in [5, 5.41) is 5.66. The molecular weight excluding hydrogens is 413 g/mol. The monoisotopic (exact) mass is 426 g/mol. The molecule has 4 rings (SSSR count). The SMILES string of the molecule is O=c1ccccc2c(C=Cc3cccc(C(F)(F)F)c3)nn(-c3ccc(Cl)cc3)c12. The van der Waals surface area contributed by atoms with E-state index in [9.17, 15) is 18.0 Å². The summed E-state index contributed by atoms with van der Waals surface area (Å²) in [5.41, 5.74) is 0.899. The average molecular weight is 427 g/mol. The van der Waals surface area contributed by atoms with Crippen LogP contribution in [-0.2, 0) is 6.18 Å². The van der Waals surface area contributed by atoms with Gasteiger partial charge < -0.3 is 0 Å². The van der Waals surface area contributed by atoms with E-state index in [1.165, 1.54) is 16.8 Å². The highest BCUT2D eigenvalue weighted by atomic mass is 35.5. The molecule has 1 aromatic heterocycles. The van der Waals surface area contributed by atoms with Crippen molar-refractivity contribution in [2.24, 2.45) is 0 Å². The summed E-state index contributed by atoms with van der Waals surface area (Å²) in [5.74, 6) is 0. The molecule has 0 radical (unpaired) electrons. The molecule has 3 nitrogen and oxygen atoms in total. The lowest BCUT2D eigenvalue weighted by atomic mass is 10.1. The Morgan fingerprint density at radius 3 is 2.37 bits per heavy atom. The average Bonchev–Trinajstić information content (AvgIpc) is 2.97. The predicted molar refractivity (Wildman–Crippen MR) is 113 cm³/mol. The molecule has 0 saturated carbocycles. The minimum absolute atomic E-state index is 0.226. The Labute approximate surface area is 174 Å². The molecule has 0 aliphatic carbocycles. The number of halogens is 4. The van der Waals surface area contributed by atoms with Crippen LogP contribution < -0.4 is 5.43 Å². The number of hydrogen-bond acceptors (Lipinski definition) is 2. The zero-order chi connectivity index (χ0) is 21.3. The Morgan fingerprint density at radius 1 is 0.900 bits per heavy atom. The van der Waals surface area contributed by atoms with Gasteiger partial charge in [0.1, 0.15) is 5.52 Å². The maximum Gasteiger partial charge on any atom is 0.416 e. The van der Waals surface area contributed by atoms with Crippen molar-refractivity contribution < 1.29 is 13.2 Å². The summed E-state index contributed by atoms with van der Waals surface area (Å²) in [4.78, 5) is 12.6. The van der Waals surface area contributed by atoms with E-state index < -0.39 is 11.7 Å². The van der Waals surface area contributed by atoms with Crippen molar-refractivity contribution >= 4 is 34.7 Å². The van der Waals surface area contributed by atoms with Crippen LogP contribution in [0.3, 0.4) is 0 Å². The van der Waals surface area contributed by atoms with Crippen LogP contribution in [0.25, 0.3) is 28.7 Å². The van der Waals surface area contributed by atoms with Crippen LogP contribution >= 0.6 is 11.6 Å². The first-order valence-electron chi connectivity index (χ1n) is 8.96. The molecule has 7 heteroatoms. The van der Waals surface area contributed by atoms with Crippen molar-refractivity contribution in [1.29, 1.82) is 0 Å². The number of nitrogens with zero attached hydrogens (tertiary/aromatic N) is 2. The third-order valence-electron chi connectivity index (χ3n) is 4.52. The van der Waals surface area contributed by atoms with Crippen LogP contribution in [0.15, 0.2) is 77.6 Å². The van der Waals surface area contributed by atoms with Crippen molar-refractivity contribution in [1.82, 2.24) is 9.78 Å². The number of aromatic nitrogens is 2. The Balaban J connectivity index is 1.85. The van der Waals surface area contributed by atoms with Crippen LogP contribution in [0.2, 0.25) is 5.02 Å². The highest BCUT2D eigenvalue weighted by Crippen LogP contribution is 2.30. The fraction of sp³-hybridized carbons (Fsp3) is 0.0435. The molecule has 0 saturated heterocycles. The maximum atomic E-state index is 13.0. The van der Waals surface area contributed by atoms with Crippen LogP contribution in [-0.4, -0.2) is 9.78 Å². The number of fused-ring (bicyclic) bond motifs is 1. The van der Waals surface area contributed by atoms with Crippen molar-refractivity contribution in [2.45, 2.75) is 6.18 Å². The lowest BCUT2D eigenvalue weighted by molar-refractivity contribution is -0.137. The second-order valence-electron chi connectivity index (χ2n) is 6.57. The third kappa shape index (κ3) is 4.00. The number of alkyl halides is 3. The van der Waals surface area contributed by atoms with Crippen molar-refractivity contribution in [2.75, 3.05) is 0 Å². The molecule has 0 aliphatic heterocycles. The largest absolute Gasteiger partial charge is 0.416 e. The molecule has 0 atom stereocenters. The van der Waals surface area contributed by atoms with E-state index in [-0.39, 0.29) is 5.43 Å². The van der Waals surface area contributed by atoms with Gasteiger partial charge in [-0.05, 0) is 54.1 Å². The molecule has 0 fully saturated rings. The third-order valence-corrected chi connectivity index (χ3v) is 4.78. The van der Waals surface area contributed by atoms with Crippen LogP contribution in [0.1, 0.15) is 16.8 Å². The highest BCUT2D eigenvalue weighted by molar-refractivity contribution is 6.30. The lowest BCUT2D eigenvalue weighted by Crippen LogP contribution is -2.04. The van der Waals surface area contributed by atoms with Gasteiger partial charge in [-0.1, -0.05) is 48.0 Å². The molecule has 0 unspecified atom stereocenters. The summed E-state index contributed by atoms with van der Waals surface area (Å²) in [6.07, 6.45) is -1.28. The lowest BCUT2D eigenvalue weighted by Gasteiger charge is -2.06. The molecule has 30 heavy (non-hydrogen) atoms. The van der Waals surface area contributed by atoms with E-state index in [0.717, 1.165) is 12.1 Å². The Hall–Kier alpha value is -3.38. The highest BCUT2D eigenvalue weighted by Gasteiger charge is 2.30. The predicted octanol–water partition coefficient (Wildman–Crippen LogP) is 6.23. The molecule has 0 bridgehead atoms. The number of benzene rings is 2. The van der Waals surface area contributed by atoms with Gasteiger partial charge in [-0.2, -0.15) is 18.3 Å². The summed E-state index contributed by atoms with van der Waals surface area (Å²) in [6, 6.07) is 18.4. The zero-order valence-electron chi connectivity index (χ0n) is 15.4. The maximum absolute atomic E-state index is 13.0. The van der Waals surface area contributed by atoms with Gasteiger partial charge in [0.15, 0.2) is 0 Å². The van der Waals surface area contributed by atoms with Gasteiger partial charge >= 0.3 is 6.18 Å². The van der Waals surface area contributed by atoms with Gasteiger partial charge in [0.25, 0.3) is 0 Å². The van der Waals surface area contributed by atoms with Gasteiger partial charge in [-0.25, -0.2) is 4.68 Å². The van der Waals surface area contributed by atoms with E-state index in [1.807, 2.05) is 0 Å². The Morgan fingerprint density at radius 2 is 1.63 bits per heavy atom. The minimum atomic E-state index is -4.42. The summed E-state index contributed by atoms with van der Waals surface area (Å²) < 4.78 is 40.4. The smallest absolute Gasteiger partial charge is 0.288 e. The fourth-order valence-electron chi connectivity index (χ4n) is 3.11. The Bertz CT molecular complexity index is 1310. The van der Waals surface area contributed by atoms with Crippen molar-refractivity contribution in [3.8, 4) is 5.69 Å². The topological polar surface area (TPSA) is 34.9 Å². The van der Waals surface area contributed by atoms with E-state index in [0.29, 0.717) is 32.9 Å². The first-order chi connectivity index (χ1) is 14.3. The van der Waals surface area contributed by atoms with E-state index >= 15 is 0 Å². The quantitative estimate of drug-likeness (QED) is 0.389. The zero-order valence-corrected chi connectivity index (χ0v) is 16.2. The normalized spacial score (nSPS) is 12.0. The van der Waals surface area contributed by atoms with Gasteiger partial charge in [-0.3, -0.25) is 4.79 Å². The Kier molecular flexibility index (Phi) is 5.18. The molecule has 0 N–H and O–H groups in total. The first kappa shape index (κ1) is 19.9. The minimum Gasteiger partial charge on any atom is -0.288 e. The van der Waals surface area contributed by atoms with Crippen molar-refractivity contribution in [3.63, 3.8) is 0 Å². The second-order valence-corrected chi connectivity index (χ2v) is 7.01. The van der Waals surface area contributed by atoms with Gasteiger partial charge in [0.05, 0.1) is 16.9 Å². The fourth-order valence-corrected chi connectivity index (χ4v) is 3.23. The molecule has 150 valence electrons. The number of rotatable bonds is 3. The van der Waals surface area contributed by atoms with E-state index in [4.69, 9.17) is 11.6 Å². The first-order valence-corrected chi connectivity index (χ1v) is 9.34. The molecule has 0 aliphatic rings. The van der Waals surface area contributed by atoms with Crippen LogP contribution in [0.4, 0.5) is 13.2 Å². The molecule has 3 aromatic carbocycles. The van der Waals surface area contributed by atoms with E-state index in [2.05, 4.69) is 5.10 Å². The number of hydrogen-bond donors (Lipinski definition) is 0. The summed E-state index contributed by atoms with van der Waals surface area (Å²) in [7, 11) is 0. The summed E-state index contributed by atoms with van der Waals surface area (Å²) in [6.45, 7) is 0. The second kappa shape index (κ2) is 7.80. The van der Waals surface area contributed by atoms with Gasteiger partial charge in [0.2, 0.25) is 5.43 Å². The van der Waals surface area contributed by atoms with Gasteiger partial charge in [-0.15, -0.1) is 0 Å². The summed E-state index contributed by atoms with van der Waals surface area (Å²) >= 11 is 5.95.